The molecule has 92 valence electrons. The normalized spacial score (nSPS) is 14.7. The van der Waals surface area contributed by atoms with Crippen LogP contribution in [0.2, 0.25) is 0 Å². The summed E-state index contributed by atoms with van der Waals surface area (Å²) < 4.78 is 0. The Morgan fingerprint density at radius 2 is 1.89 bits per heavy atom. The van der Waals surface area contributed by atoms with E-state index in [1.807, 2.05) is 6.07 Å². The minimum Gasteiger partial charge on any atom is -0.399 e. The highest BCUT2D eigenvalue weighted by atomic mass is 15.1. The number of nitrogens with zero attached hydrogens (tertiary/aromatic N) is 1. The second kappa shape index (κ2) is 4.46. The molecule has 2 aromatic carbocycles. The molecule has 1 aliphatic heterocycles. The van der Waals surface area contributed by atoms with E-state index in [1.165, 1.54) is 22.3 Å². The Kier molecular flexibility index (Phi) is 2.80. The molecule has 2 nitrogen and oxygen atoms in total. The summed E-state index contributed by atoms with van der Waals surface area (Å²) in [6.45, 7) is 5.19. The van der Waals surface area contributed by atoms with E-state index in [1.54, 1.807) is 0 Å². The van der Waals surface area contributed by atoms with Gasteiger partial charge in [0.15, 0.2) is 0 Å². The van der Waals surface area contributed by atoms with E-state index in [2.05, 4.69) is 48.2 Å². The van der Waals surface area contributed by atoms with Crippen molar-refractivity contribution in [3.8, 4) is 0 Å². The zero-order valence-electron chi connectivity index (χ0n) is 10.7. The molecule has 0 amide bonds. The zero-order valence-corrected chi connectivity index (χ0v) is 10.7. The maximum absolute atomic E-state index is 5.83. The van der Waals surface area contributed by atoms with Crippen LogP contribution in [0.1, 0.15) is 22.3 Å². The highest BCUT2D eigenvalue weighted by Gasteiger charge is 2.18. The molecule has 3 rings (SSSR count). The average Bonchev–Trinajstić information content (AvgIpc) is 2.70. The summed E-state index contributed by atoms with van der Waals surface area (Å²) in [5.74, 6) is 0. The molecule has 0 spiro atoms. The molecule has 0 aromatic heterocycles. The molecule has 0 atom stereocenters. The van der Waals surface area contributed by atoms with Crippen LogP contribution in [0.4, 0.5) is 5.69 Å². The minimum atomic E-state index is 0.867. The summed E-state index contributed by atoms with van der Waals surface area (Å²) in [4.78, 5) is 2.46. The Hall–Kier alpha value is -1.80. The predicted octanol–water partition coefficient (Wildman–Crippen LogP) is 3.09. The van der Waals surface area contributed by atoms with Crippen molar-refractivity contribution in [1.29, 1.82) is 0 Å². The molecule has 0 saturated heterocycles. The number of anilines is 1. The third-order valence-corrected chi connectivity index (χ3v) is 3.51. The lowest BCUT2D eigenvalue weighted by Crippen LogP contribution is -2.15. The molecule has 0 bridgehead atoms. The highest BCUT2D eigenvalue weighted by molar-refractivity contribution is 5.46. The smallest absolute Gasteiger partial charge is 0.0317 e. The number of rotatable bonds is 2. The standard InChI is InChI=1S/C16H18N2/c1-12-3-2-4-13(7-12)9-18-10-14-5-6-16(17)8-15(14)11-18/h2-8H,9-11,17H2,1H3. The molecule has 2 aromatic rings. The molecule has 0 radical (unpaired) electrons. The first-order valence-corrected chi connectivity index (χ1v) is 6.36. The Morgan fingerprint density at radius 3 is 2.72 bits per heavy atom. The van der Waals surface area contributed by atoms with Gasteiger partial charge in [-0.25, -0.2) is 0 Å². The van der Waals surface area contributed by atoms with Gasteiger partial charge in [-0.3, -0.25) is 4.90 Å². The lowest BCUT2D eigenvalue weighted by molar-refractivity contribution is 0.275. The monoisotopic (exact) mass is 238 g/mol. The van der Waals surface area contributed by atoms with Gasteiger partial charge in [0.25, 0.3) is 0 Å². The van der Waals surface area contributed by atoms with Gasteiger partial charge in [-0.15, -0.1) is 0 Å². The topological polar surface area (TPSA) is 29.3 Å². The highest BCUT2D eigenvalue weighted by Crippen LogP contribution is 2.26. The summed E-state index contributed by atoms with van der Waals surface area (Å²) in [5.41, 5.74) is 12.2. The van der Waals surface area contributed by atoms with Crippen molar-refractivity contribution in [3.63, 3.8) is 0 Å². The maximum Gasteiger partial charge on any atom is 0.0317 e. The number of hydrogen-bond acceptors (Lipinski definition) is 2. The van der Waals surface area contributed by atoms with Gasteiger partial charge in [0.2, 0.25) is 0 Å². The van der Waals surface area contributed by atoms with Crippen molar-refractivity contribution >= 4 is 5.69 Å². The summed E-state index contributed by atoms with van der Waals surface area (Å²) in [6.07, 6.45) is 0. The van der Waals surface area contributed by atoms with Crippen molar-refractivity contribution in [2.75, 3.05) is 5.73 Å². The van der Waals surface area contributed by atoms with Crippen LogP contribution in [0.25, 0.3) is 0 Å². The largest absolute Gasteiger partial charge is 0.399 e. The van der Waals surface area contributed by atoms with Crippen LogP contribution >= 0.6 is 0 Å². The van der Waals surface area contributed by atoms with Gasteiger partial charge in [0, 0.05) is 25.3 Å². The molecular weight excluding hydrogens is 220 g/mol. The van der Waals surface area contributed by atoms with Gasteiger partial charge in [0.05, 0.1) is 0 Å². The van der Waals surface area contributed by atoms with Crippen molar-refractivity contribution < 1.29 is 0 Å². The lowest BCUT2D eigenvalue weighted by Gasteiger charge is -2.15. The van der Waals surface area contributed by atoms with Crippen LogP contribution in [0.15, 0.2) is 42.5 Å². The van der Waals surface area contributed by atoms with E-state index in [9.17, 15) is 0 Å². The molecule has 2 N–H and O–H groups in total. The lowest BCUT2D eigenvalue weighted by atomic mass is 10.1. The van der Waals surface area contributed by atoms with E-state index < -0.39 is 0 Å². The molecule has 2 heteroatoms. The Labute approximate surface area is 108 Å². The quantitative estimate of drug-likeness (QED) is 0.815. The Morgan fingerprint density at radius 1 is 1.06 bits per heavy atom. The summed E-state index contributed by atoms with van der Waals surface area (Å²) in [7, 11) is 0. The number of benzene rings is 2. The van der Waals surface area contributed by atoms with Crippen LogP contribution in [-0.4, -0.2) is 4.90 Å². The second-order valence-electron chi connectivity index (χ2n) is 5.16. The molecule has 0 saturated carbocycles. The first-order valence-electron chi connectivity index (χ1n) is 6.36. The predicted molar refractivity (Wildman–Crippen MR) is 75.0 cm³/mol. The van der Waals surface area contributed by atoms with E-state index in [0.29, 0.717) is 0 Å². The fourth-order valence-corrected chi connectivity index (χ4v) is 2.67. The van der Waals surface area contributed by atoms with Crippen LogP contribution in [0.3, 0.4) is 0 Å². The van der Waals surface area contributed by atoms with E-state index >= 15 is 0 Å². The summed E-state index contributed by atoms with van der Waals surface area (Å²) in [5, 5.41) is 0. The summed E-state index contributed by atoms with van der Waals surface area (Å²) in [6, 6.07) is 15.0. The average molecular weight is 238 g/mol. The molecular formula is C16H18N2. The number of hydrogen-bond donors (Lipinski definition) is 1. The third kappa shape index (κ3) is 2.24. The van der Waals surface area contributed by atoms with Crippen LogP contribution in [0.5, 0.6) is 0 Å². The number of aryl methyl sites for hydroxylation is 1. The SMILES string of the molecule is Cc1cccc(CN2Cc3ccc(N)cc3C2)c1. The van der Waals surface area contributed by atoms with Gasteiger partial charge >= 0.3 is 0 Å². The van der Waals surface area contributed by atoms with Crippen LogP contribution in [-0.2, 0) is 19.6 Å². The van der Waals surface area contributed by atoms with Crippen molar-refractivity contribution in [3.05, 3.63) is 64.7 Å². The molecule has 18 heavy (non-hydrogen) atoms. The van der Waals surface area contributed by atoms with Gasteiger partial charge in [-0.05, 0) is 35.7 Å². The molecule has 0 unspecified atom stereocenters. The van der Waals surface area contributed by atoms with Crippen molar-refractivity contribution in [1.82, 2.24) is 4.90 Å². The number of nitrogens with two attached hydrogens (primary N) is 1. The van der Waals surface area contributed by atoms with Gasteiger partial charge in [0.1, 0.15) is 0 Å². The zero-order chi connectivity index (χ0) is 12.5. The fourth-order valence-electron chi connectivity index (χ4n) is 2.67. The van der Waals surface area contributed by atoms with Gasteiger partial charge < -0.3 is 5.73 Å². The van der Waals surface area contributed by atoms with E-state index in [0.717, 1.165) is 25.3 Å². The first kappa shape index (κ1) is 11.3. The second-order valence-corrected chi connectivity index (χ2v) is 5.16. The molecule has 1 aliphatic rings. The molecule has 0 aliphatic carbocycles. The van der Waals surface area contributed by atoms with Crippen LogP contribution in [0, 0.1) is 6.92 Å². The van der Waals surface area contributed by atoms with E-state index in [4.69, 9.17) is 5.73 Å². The van der Waals surface area contributed by atoms with Gasteiger partial charge in [-0.1, -0.05) is 35.9 Å². The first-order chi connectivity index (χ1) is 8.70. The Bertz CT molecular complexity index is 575. The Balaban J connectivity index is 1.74. The van der Waals surface area contributed by atoms with Gasteiger partial charge in [-0.2, -0.15) is 0 Å². The van der Waals surface area contributed by atoms with Crippen molar-refractivity contribution in [2.24, 2.45) is 0 Å². The molecule has 1 heterocycles. The third-order valence-electron chi connectivity index (χ3n) is 3.51. The van der Waals surface area contributed by atoms with Crippen molar-refractivity contribution in [2.45, 2.75) is 26.6 Å². The van der Waals surface area contributed by atoms with E-state index in [-0.39, 0.29) is 0 Å². The molecule has 0 fully saturated rings. The van der Waals surface area contributed by atoms with Crippen LogP contribution < -0.4 is 5.73 Å². The minimum absolute atomic E-state index is 0.867. The number of fused-ring (bicyclic) bond motifs is 1. The fraction of sp³-hybridized carbons (Fsp3) is 0.250. The number of nitrogen functional groups attached to an aromatic ring is 1. The summed E-state index contributed by atoms with van der Waals surface area (Å²) >= 11 is 0. The maximum atomic E-state index is 5.83.